The third-order valence-corrected chi connectivity index (χ3v) is 6.50. The Labute approximate surface area is 184 Å². The van der Waals surface area contributed by atoms with Crippen LogP contribution in [0.4, 0.5) is 9.52 Å². The number of anilines is 1. The Morgan fingerprint density at radius 1 is 1.16 bits per heavy atom. The summed E-state index contributed by atoms with van der Waals surface area (Å²) in [6.07, 6.45) is 3.29. The van der Waals surface area contributed by atoms with Crippen molar-refractivity contribution in [2.24, 2.45) is 0 Å². The van der Waals surface area contributed by atoms with Crippen molar-refractivity contribution in [3.63, 3.8) is 0 Å². The summed E-state index contributed by atoms with van der Waals surface area (Å²) in [5, 5.41) is 6.34. The molecule has 7 heteroatoms. The number of aromatic nitrogens is 1. The number of nitrogens with zero attached hydrogens (tertiary/aromatic N) is 1. The summed E-state index contributed by atoms with van der Waals surface area (Å²) >= 11 is 1.40. The summed E-state index contributed by atoms with van der Waals surface area (Å²) in [5.74, 6) is -1.04. The van der Waals surface area contributed by atoms with Crippen LogP contribution in [0.15, 0.2) is 54.6 Å². The number of benzene rings is 2. The van der Waals surface area contributed by atoms with Crippen molar-refractivity contribution in [3.8, 4) is 0 Å². The zero-order valence-electron chi connectivity index (χ0n) is 17.2. The van der Waals surface area contributed by atoms with Crippen molar-refractivity contribution in [2.45, 2.75) is 44.6 Å². The first-order chi connectivity index (χ1) is 15.0. The first-order valence-electron chi connectivity index (χ1n) is 10.4. The topological polar surface area (TPSA) is 71.1 Å². The number of carbonyl (C=O) groups is 2. The van der Waals surface area contributed by atoms with Gasteiger partial charge in [-0.2, -0.15) is 0 Å². The number of rotatable bonds is 7. The van der Waals surface area contributed by atoms with Gasteiger partial charge in [-0.3, -0.25) is 14.9 Å². The average molecular weight is 438 g/mol. The Hall–Kier alpha value is -3.06. The highest BCUT2D eigenvalue weighted by atomic mass is 32.1. The number of halogens is 1. The van der Waals surface area contributed by atoms with Crippen LogP contribution < -0.4 is 10.6 Å². The van der Waals surface area contributed by atoms with Gasteiger partial charge in [-0.25, -0.2) is 9.37 Å². The molecule has 2 unspecified atom stereocenters. The summed E-state index contributed by atoms with van der Waals surface area (Å²) < 4.78 is 13.1. The van der Waals surface area contributed by atoms with E-state index in [2.05, 4.69) is 27.8 Å². The predicted octanol–water partition coefficient (Wildman–Crippen LogP) is 4.70. The van der Waals surface area contributed by atoms with Crippen LogP contribution in [0.25, 0.3) is 0 Å². The fraction of sp³-hybridized carbons (Fsp3) is 0.292. The average Bonchev–Trinajstić information content (AvgIpc) is 3.33. The van der Waals surface area contributed by atoms with Crippen molar-refractivity contribution >= 4 is 28.3 Å². The maximum absolute atomic E-state index is 13.1. The van der Waals surface area contributed by atoms with Crippen LogP contribution in [0.2, 0.25) is 0 Å². The second kappa shape index (κ2) is 9.39. The lowest BCUT2D eigenvalue weighted by molar-refractivity contribution is -0.123. The number of carbonyl (C=O) groups excluding carboxylic acids is 2. The largest absolute Gasteiger partial charge is 0.353 e. The number of hydrogen-bond acceptors (Lipinski definition) is 4. The second-order valence-electron chi connectivity index (χ2n) is 7.81. The lowest BCUT2D eigenvalue weighted by atomic mass is 10.0. The molecule has 1 aliphatic carbocycles. The van der Waals surface area contributed by atoms with Crippen LogP contribution in [0, 0.1) is 5.82 Å². The molecule has 0 bridgehead atoms. The molecular weight excluding hydrogens is 413 g/mol. The van der Waals surface area contributed by atoms with Crippen LogP contribution >= 0.6 is 11.3 Å². The summed E-state index contributed by atoms with van der Waals surface area (Å²) in [7, 11) is 0. The Kier molecular flexibility index (Phi) is 6.42. The summed E-state index contributed by atoms with van der Waals surface area (Å²) in [4.78, 5) is 30.8. The van der Waals surface area contributed by atoms with Gasteiger partial charge in [-0.05, 0) is 62.4 Å². The molecule has 0 radical (unpaired) electrons. The molecule has 31 heavy (non-hydrogen) atoms. The molecule has 3 aromatic rings. The van der Waals surface area contributed by atoms with E-state index in [1.165, 1.54) is 41.2 Å². The van der Waals surface area contributed by atoms with Crippen molar-refractivity contribution < 1.29 is 14.0 Å². The van der Waals surface area contributed by atoms with Gasteiger partial charge in [0.15, 0.2) is 5.13 Å². The van der Waals surface area contributed by atoms with Crippen LogP contribution in [0.3, 0.4) is 0 Å². The maximum atomic E-state index is 13.1. The standard InChI is InChI=1S/C24H24FN3O2S/c1-15(7-8-16-5-3-2-4-6-16)26-23(30)19-13-14-20-21(19)27-24(31-20)28-22(29)17-9-11-18(25)12-10-17/h2-6,9-12,15,19H,7-8,13-14H2,1H3,(H,26,30)(H,27,28,29). The van der Waals surface area contributed by atoms with Crippen molar-refractivity contribution in [3.05, 3.63) is 82.1 Å². The minimum Gasteiger partial charge on any atom is -0.353 e. The van der Waals surface area contributed by atoms with E-state index in [1.807, 2.05) is 25.1 Å². The first kappa shape index (κ1) is 21.2. The zero-order valence-corrected chi connectivity index (χ0v) is 18.0. The third-order valence-electron chi connectivity index (χ3n) is 5.46. The minimum absolute atomic E-state index is 0.0129. The Morgan fingerprint density at radius 2 is 1.90 bits per heavy atom. The molecule has 0 spiro atoms. The normalized spacial score (nSPS) is 15.9. The highest BCUT2D eigenvalue weighted by Gasteiger charge is 2.33. The molecule has 1 aromatic heterocycles. The molecule has 2 amide bonds. The van der Waals surface area contributed by atoms with Gasteiger partial charge in [0, 0.05) is 16.5 Å². The van der Waals surface area contributed by atoms with E-state index in [0.29, 0.717) is 10.7 Å². The highest BCUT2D eigenvalue weighted by molar-refractivity contribution is 7.16. The molecule has 2 aromatic carbocycles. The van der Waals surface area contributed by atoms with Gasteiger partial charge in [0.05, 0.1) is 11.6 Å². The van der Waals surface area contributed by atoms with Crippen LogP contribution in [-0.2, 0) is 17.6 Å². The van der Waals surface area contributed by atoms with Crippen LogP contribution in [-0.4, -0.2) is 22.8 Å². The van der Waals surface area contributed by atoms with E-state index in [9.17, 15) is 14.0 Å². The molecular formula is C24H24FN3O2S. The highest BCUT2D eigenvalue weighted by Crippen LogP contribution is 2.38. The van der Waals surface area contributed by atoms with Crippen molar-refractivity contribution in [1.29, 1.82) is 0 Å². The second-order valence-corrected chi connectivity index (χ2v) is 8.90. The van der Waals surface area contributed by atoms with Gasteiger partial charge < -0.3 is 5.32 Å². The van der Waals surface area contributed by atoms with Gasteiger partial charge in [-0.15, -0.1) is 11.3 Å². The molecule has 2 N–H and O–H groups in total. The smallest absolute Gasteiger partial charge is 0.257 e. The lowest BCUT2D eigenvalue weighted by Gasteiger charge is -2.17. The number of amides is 2. The molecule has 1 heterocycles. The lowest BCUT2D eigenvalue weighted by Crippen LogP contribution is -2.36. The number of nitrogens with one attached hydrogen (secondary N) is 2. The molecule has 0 fully saturated rings. The van der Waals surface area contributed by atoms with Crippen molar-refractivity contribution in [1.82, 2.24) is 10.3 Å². The monoisotopic (exact) mass is 437 g/mol. The summed E-state index contributed by atoms with van der Waals surface area (Å²) in [6, 6.07) is 15.6. The van der Waals surface area contributed by atoms with E-state index < -0.39 is 5.82 Å². The van der Waals surface area contributed by atoms with Gasteiger partial charge in [0.2, 0.25) is 5.91 Å². The molecule has 1 aliphatic rings. The molecule has 0 saturated heterocycles. The van der Waals surface area contributed by atoms with Gasteiger partial charge >= 0.3 is 0 Å². The van der Waals surface area contributed by atoms with Gasteiger partial charge in [0.1, 0.15) is 5.82 Å². The van der Waals surface area contributed by atoms with Crippen molar-refractivity contribution in [2.75, 3.05) is 5.32 Å². The van der Waals surface area contributed by atoms with Gasteiger partial charge in [0.25, 0.3) is 5.91 Å². The molecule has 0 saturated carbocycles. The third kappa shape index (κ3) is 5.17. The van der Waals surface area contributed by atoms with E-state index in [1.54, 1.807) is 0 Å². The Bertz CT molecular complexity index is 1070. The fourth-order valence-electron chi connectivity index (χ4n) is 3.75. The molecule has 5 nitrogen and oxygen atoms in total. The first-order valence-corrected chi connectivity index (χ1v) is 11.2. The van der Waals surface area contributed by atoms with E-state index in [0.717, 1.165) is 36.3 Å². The molecule has 2 atom stereocenters. The summed E-state index contributed by atoms with van der Waals surface area (Å²) in [6.45, 7) is 2.02. The Balaban J connectivity index is 1.34. The van der Waals surface area contributed by atoms with Gasteiger partial charge in [-0.1, -0.05) is 30.3 Å². The zero-order chi connectivity index (χ0) is 21.8. The SMILES string of the molecule is CC(CCc1ccccc1)NC(=O)C1CCc2sc(NC(=O)c3ccc(F)cc3)nc21. The summed E-state index contributed by atoms with van der Waals surface area (Å²) in [5.41, 5.74) is 2.37. The number of aryl methyl sites for hydroxylation is 2. The minimum atomic E-state index is -0.392. The number of fused-ring (bicyclic) bond motifs is 1. The fourth-order valence-corrected chi connectivity index (χ4v) is 4.78. The molecule has 4 rings (SSSR count). The van der Waals surface area contributed by atoms with Crippen LogP contribution in [0.1, 0.15) is 52.2 Å². The predicted molar refractivity (Wildman–Crippen MR) is 120 cm³/mol. The van der Waals surface area contributed by atoms with E-state index in [4.69, 9.17) is 0 Å². The van der Waals surface area contributed by atoms with E-state index >= 15 is 0 Å². The number of hydrogen-bond donors (Lipinski definition) is 2. The maximum Gasteiger partial charge on any atom is 0.257 e. The van der Waals surface area contributed by atoms with Crippen LogP contribution in [0.5, 0.6) is 0 Å². The number of thiazole rings is 1. The molecule has 160 valence electrons. The van der Waals surface area contributed by atoms with E-state index in [-0.39, 0.29) is 23.8 Å². The quantitative estimate of drug-likeness (QED) is 0.563. The molecule has 0 aliphatic heterocycles. The Morgan fingerprint density at radius 3 is 2.65 bits per heavy atom.